The smallest absolute Gasteiger partial charge is 0.106 e. The molecule has 1 aliphatic heterocycles. The van der Waals surface area contributed by atoms with Crippen LogP contribution in [0.4, 0.5) is 0 Å². The van der Waals surface area contributed by atoms with Gasteiger partial charge in [0.05, 0.1) is 18.8 Å². The van der Waals surface area contributed by atoms with Crippen molar-refractivity contribution in [3.8, 4) is 6.07 Å². The Morgan fingerprint density at radius 1 is 1.56 bits per heavy atom. The van der Waals surface area contributed by atoms with Crippen molar-refractivity contribution in [1.29, 1.82) is 5.26 Å². The summed E-state index contributed by atoms with van der Waals surface area (Å²) in [6.45, 7) is 0.785. The molecule has 1 saturated heterocycles. The molecule has 0 aromatic rings. The predicted molar refractivity (Wildman–Crippen MR) is 33.5 cm³/mol. The lowest BCUT2D eigenvalue weighted by molar-refractivity contribution is 0.166. The number of hydrogen-bond donors (Lipinski definition) is 0. The van der Waals surface area contributed by atoms with E-state index >= 15 is 0 Å². The number of ether oxygens (including phenoxy) is 1. The van der Waals surface area contributed by atoms with Crippen molar-refractivity contribution in [2.45, 2.75) is 19.3 Å². The lowest BCUT2D eigenvalue weighted by Crippen LogP contribution is -2.01. The average molecular weight is 123 g/mol. The van der Waals surface area contributed by atoms with Gasteiger partial charge in [0.1, 0.15) is 5.76 Å². The van der Waals surface area contributed by atoms with Gasteiger partial charge in [0.25, 0.3) is 0 Å². The monoisotopic (exact) mass is 123 g/mol. The van der Waals surface area contributed by atoms with E-state index in [4.69, 9.17) is 10.00 Å². The molecule has 0 bridgehead atoms. The minimum Gasteiger partial charge on any atom is -0.497 e. The number of allylic oxidation sites excluding steroid dienone is 2. The molecule has 0 unspecified atom stereocenters. The average Bonchev–Trinajstić information content (AvgIpc) is 1.91. The molecular formula is C7H9NO. The van der Waals surface area contributed by atoms with Crippen LogP contribution in [0.3, 0.4) is 0 Å². The molecule has 0 aromatic heterocycles. The molecule has 0 radical (unpaired) electrons. The number of nitrogens with zero attached hydrogens (tertiary/aromatic N) is 1. The van der Waals surface area contributed by atoms with E-state index in [9.17, 15) is 0 Å². The first-order chi connectivity index (χ1) is 4.43. The number of nitriles is 1. The number of rotatable bonds is 0. The summed E-state index contributed by atoms with van der Waals surface area (Å²) in [7, 11) is 0. The van der Waals surface area contributed by atoms with Gasteiger partial charge in [-0.3, -0.25) is 0 Å². The van der Waals surface area contributed by atoms with Crippen LogP contribution in [-0.4, -0.2) is 6.61 Å². The van der Waals surface area contributed by atoms with Gasteiger partial charge in [-0.05, 0) is 12.8 Å². The topological polar surface area (TPSA) is 33.0 Å². The van der Waals surface area contributed by atoms with Crippen LogP contribution in [0.15, 0.2) is 11.8 Å². The highest BCUT2D eigenvalue weighted by Crippen LogP contribution is 2.14. The summed E-state index contributed by atoms with van der Waals surface area (Å²) in [6.07, 6.45) is 4.71. The Balaban J connectivity index is 2.42. The molecule has 1 aliphatic rings. The molecule has 0 spiro atoms. The molecule has 0 N–H and O–H groups in total. The van der Waals surface area contributed by atoms with E-state index in [0.29, 0.717) is 0 Å². The van der Waals surface area contributed by atoms with E-state index in [1.807, 2.05) is 6.07 Å². The van der Waals surface area contributed by atoms with Crippen molar-refractivity contribution in [3.05, 3.63) is 11.8 Å². The zero-order valence-corrected chi connectivity index (χ0v) is 5.26. The Morgan fingerprint density at radius 2 is 2.44 bits per heavy atom. The maximum Gasteiger partial charge on any atom is 0.106 e. The fourth-order valence-electron chi connectivity index (χ4n) is 0.863. The summed E-state index contributed by atoms with van der Waals surface area (Å²) in [5, 5.41) is 8.21. The fourth-order valence-corrected chi connectivity index (χ4v) is 0.863. The standard InChI is InChI=1S/C7H9NO/c8-5-4-7-3-1-2-6-9-7/h4H,1-3,6H2/b7-4-. The van der Waals surface area contributed by atoms with E-state index in [1.54, 1.807) is 0 Å². The molecule has 2 heteroatoms. The summed E-state index contributed by atoms with van der Waals surface area (Å²) in [6, 6.07) is 1.95. The Labute approximate surface area is 54.7 Å². The highest BCUT2D eigenvalue weighted by atomic mass is 16.5. The SMILES string of the molecule is N#C/C=C1/CCCCO1. The molecule has 0 amide bonds. The van der Waals surface area contributed by atoms with E-state index in [2.05, 4.69) is 0 Å². The van der Waals surface area contributed by atoms with Gasteiger partial charge in [-0.1, -0.05) is 0 Å². The van der Waals surface area contributed by atoms with Crippen molar-refractivity contribution in [2.75, 3.05) is 6.61 Å². The molecule has 1 heterocycles. The minimum absolute atomic E-state index is 0.785. The Hall–Kier alpha value is -0.970. The van der Waals surface area contributed by atoms with Crippen LogP contribution in [0.2, 0.25) is 0 Å². The zero-order chi connectivity index (χ0) is 6.53. The largest absolute Gasteiger partial charge is 0.497 e. The Kier molecular flexibility index (Phi) is 2.14. The van der Waals surface area contributed by atoms with Crippen LogP contribution >= 0.6 is 0 Å². The van der Waals surface area contributed by atoms with Crippen LogP contribution in [0.5, 0.6) is 0 Å². The van der Waals surface area contributed by atoms with E-state index in [-0.39, 0.29) is 0 Å². The third-order valence-electron chi connectivity index (χ3n) is 1.33. The first-order valence-electron chi connectivity index (χ1n) is 3.15. The van der Waals surface area contributed by atoms with Crippen LogP contribution in [0.1, 0.15) is 19.3 Å². The molecule has 9 heavy (non-hydrogen) atoms. The van der Waals surface area contributed by atoms with E-state index in [1.165, 1.54) is 6.08 Å². The van der Waals surface area contributed by atoms with Gasteiger partial charge >= 0.3 is 0 Å². The van der Waals surface area contributed by atoms with Crippen LogP contribution < -0.4 is 0 Å². The van der Waals surface area contributed by atoms with Crippen LogP contribution in [0, 0.1) is 11.3 Å². The first kappa shape index (κ1) is 6.15. The van der Waals surface area contributed by atoms with Gasteiger partial charge in [0, 0.05) is 6.42 Å². The fraction of sp³-hybridized carbons (Fsp3) is 0.571. The lowest BCUT2D eigenvalue weighted by atomic mass is 10.2. The van der Waals surface area contributed by atoms with Gasteiger partial charge in [-0.15, -0.1) is 0 Å². The highest BCUT2D eigenvalue weighted by Gasteiger charge is 2.03. The highest BCUT2D eigenvalue weighted by molar-refractivity contribution is 5.08. The quantitative estimate of drug-likeness (QED) is 0.458. The molecule has 0 saturated carbocycles. The third kappa shape index (κ3) is 1.77. The molecule has 1 fully saturated rings. The van der Waals surface area contributed by atoms with Gasteiger partial charge in [-0.2, -0.15) is 5.26 Å². The number of hydrogen-bond acceptors (Lipinski definition) is 2. The van der Waals surface area contributed by atoms with Crippen molar-refractivity contribution >= 4 is 0 Å². The maximum absolute atomic E-state index is 8.21. The van der Waals surface area contributed by atoms with Crippen molar-refractivity contribution < 1.29 is 4.74 Å². The summed E-state index contributed by atoms with van der Waals surface area (Å²) >= 11 is 0. The van der Waals surface area contributed by atoms with Crippen LogP contribution in [0.25, 0.3) is 0 Å². The molecule has 48 valence electrons. The van der Waals surface area contributed by atoms with Crippen molar-refractivity contribution in [2.24, 2.45) is 0 Å². The van der Waals surface area contributed by atoms with Gasteiger partial charge in [-0.25, -0.2) is 0 Å². The minimum atomic E-state index is 0.785. The zero-order valence-electron chi connectivity index (χ0n) is 5.26. The lowest BCUT2D eigenvalue weighted by Gasteiger charge is -2.13. The summed E-state index contributed by atoms with van der Waals surface area (Å²) in [5.41, 5.74) is 0. The third-order valence-corrected chi connectivity index (χ3v) is 1.33. The molecule has 1 rings (SSSR count). The van der Waals surface area contributed by atoms with Crippen molar-refractivity contribution in [1.82, 2.24) is 0 Å². The van der Waals surface area contributed by atoms with E-state index in [0.717, 1.165) is 31.6 Å². The normalized spacial score (nSPS) is 22.8. The second kappa shape index (κ2) is 3.13. The maximum atomic E-state index is 8.21. The Bertz CT molecular complexity index is 147. The van der Waals surface area contributed by atoms with Gasteiger partial charge in [0.15, 0.2) is 0 Å². The molecule has 0 aromatic carbocycles. The molecule has 0 aliphatic carbocycles. The van der Waals surface area contributed by atoms with Crippen molar-refractivity contribution in [3.63, 3.8) is 0 Å². The second-order valence-electron chi connectivity index (χ2n) is 2.05. The Morgan fingerprint density at radius 3 is 3.00 bits per heavy atom. The van der Waals surface area contributed by atoms with Gasteiger partial charge < -0.3 is 4.74 Å². The van der Waals surface area contributed by atoms with E-state index < -0.39 is 0 Å². The molecule has 2 nitrogen and oxygen atoms in total. The van der Waals surface area contributed by atoms with Gasteiger partial charge in [0.2, 0.25) is 0 Å². The summed E-state index contributed by atoms with van der Waals surface area (Å²) in [5.74, 6) is 0.851. The molecule has 0 atom stereocenters. The predicted octanol–water partition coefficient (Wildman–Crippen LogP) is 1.59. The summed E-state index contributed by atoms with van der Waals surface area (Å²) in [4.78, 5) is 0. The molecular weight excluding hydrogens is 114 g/mol. The first-order valence-corrected chi connectivity index (χ1v) is 3.15. The summed E-state index contributed by atoms with van der Waals surface area (Å²) < 4.78 is 5.16. The van der Waals surface area contributed by atoms with Crippen LogP contribution in [-0.2, 0) is 4.74 Å². The second-order valence-corrected chi connectivity index (χ2v) is 2.05.